The summed E-state index contributed by atoms with van der Waals surface area (Å²) in [5.41, 5.74) is 1.79. The van der Waals surface area contributed by atoms with E-state index in [0.717, 1.165) is 11.4 Å². The first-order valence-corrected chi connectivity index (χ1v) is 5.10. The van der Waals surface area contributed by atoms with Gasteiger partial charge in [0.15, 0.2) is 0 Å². The van der Waals surface area contributed by atoms with Gasteiger partial charge in [0.2, 0.25) is 0 Å². The van der Waals surface area contributed by atoms with Gasteiger partial charge in [-0.05, 0) is 20.4 Å². The molecule has 0 aromatic carbocycles. The second-order valence-electron chi connectivity index (χ2n) is 2.87. The van der Waals surface area contributed by atoms with E-state index >= 15 is 0 Å². The Morgan fingerprint density at radius 1 is 1.67 bits per heavy atom. The van der Waals surface area contributed by atoms with Crippen LogP contribution in [-0.4, -0.2) is 23.3 Å². The molecular weight excluding hydrogens is 170 g/mol. The molecule has 0 amide bonds. The molecule has 0 radical (unpaired) electrons. The van der Waals surface area contributed by atoms with Crippen LogP contribution in [0.5, 0.6) is 0 Å². The molecular formula is C8H15N3S. The molecule has 1 rings (SSSR count). The summed E-state index contributed by atoms with van der Waals surface area (Å²) in [6, 6.07) is 0.475. The van der Waals surface area contributed by atoms with Crippen molar-refractivity contribution < 1.29 is 0 Å². The molecule has 1 N–H and O–H groups in total. The topological polar surface area (TPSA) is 37.8 Å². The van der Waals surface area contributed by atoms with Gasteiger partial charge in [-0.15, -0.1) is 21.5 Å². The lowest BCUT2D eigenvalue weighted by atomic mass is 9.99. The number of nitrogens with zero attached hydrogens (tertiary/aromatic N) is 2. The van der Waals surface area contributed by atoms with Crippen molar-refractivity contribution in [3.05, 3.63) is 10.5 Å². The van der Waals surface area contributed by atoms with Gasteiger partial charge in [0.1, 0.15) is 10.5 Å². The van der Waals surface area contributed by atoms with Gasteiger partial charge in [-0.1, -0.05) is 6.92 Å². The van der Waals surface area contributed by atoms with Crippen LogP contribution in [0.4, 0.5) is 0 Å². The largest absolute Gasteiger partial charge is 0.317 e. The van der Waals surface area contributed by atoms with Crippen LogP contribution in [0, 0.1) is 0 Å². The fourth-order valence-electron chi connectivity index (χ4n) is 1.29. The molecule has 0 aliphatic carbocycles. The van der Waals surface area contributed by atoms with Crippen molar-refractivity contribution in [2.45, 2.75) is 32.2 Å². The normalized spacial score (nSPS) is 15.9. The van der Waals surface area contributed by atoms with Crippen LogP contribution >= 0.6 is 11.3 Å². The summed E-state index contributed by atoms with van der Waals surface area (Å²) < 4.78 is 0. The van der Waals surface area contributed by atoms with Crippen molar-refractivity contribution in [2.75, 3.05) is 7.05 Å². The summed E-state index contributed by atoms with van der Waals surface area (Å²) in [4.78, 5) is 0. The molecule has 2 unspecified atom stereocenters. The Balaban J connectivity index is 2.69. The first kappa shape index (κ1) is 9.61. The summed E-state index contributed by atoms with van der Waals surface area (Å²) in [7, 11) is 1.98. The Labute approximate surface area is 77.2 Å². The first-order chi connectivity index (χ1) is 5.79. The zero-order valence-electron chi connectivity index (χ0n) is 7.74. The SMILES string of the molecule is CCC(c1nncs1)C(C)NC. The van der Waals surface area contributed by atoms with Gasteiger partial charge >= 0.3 is 0 Å². The van der Waals surface area contributed by atoms with E-state index in [-0.39, 0.29) is 0 Å². The molecule has 1 aromatic rings. The van der Waals surface area contributed by atoms with Crippen molar-refractivity contribution >= 4 is 11.3 Å². The molecule has 3 nitrogen and oxygen atoms in total. The third-order valence-corrected chi connectivity index (χ3v) is 3.02. The average molecular weight is 185 g/mol. The fraction of sp³-hybridized carbons (Fsp3) is 0.750. The Morgan fingerprint density at radius 3 is 2.83 bits per heavy atom. The van der Waals surface area contributed by atoms with Crippen LogP contribution in [0.1, 0.15) is 31.2 Å². The van der Waals surface area contributed by atoms with Gasteiger partial charge in [0, 0.05) is 12.0 Å². The monoisotopic (exact) mass is 185 g/mol. The third-order valence-electron chi connectivity index (χ3n) is 2.19. The van der Waals surface area contributed by atoms with E-state index in [1.54, 1.807) is 16.8 Å². The Hall–Kier alpha value is -0.480. The Bertz CT molecular complexity index is 210. The van der Waals surface area contributed by atoms with Gasteiger partial charge in [-0.2, -0.15) is 0 Å². The van der Waals surface area contributed by atoms with E-state index < -0.39 is 0 Å². The maximum atomic E-state index is 4.08. The highest BCUT2D eigenvalue weighted by Gasteiger charge is 2.18. The predicted molar refractivity (Wildman–Crippen MR) is 51.5 cm³/mol. The molecule has 0 saturated carbocycles. The summed E-state index contributed by atoms with van der Waals surface area (Å²) in [6.07, 6.45) is 1.11. The molecule has 12 heavy (non-hydrogen) atoms. The van der Waals surface area contributed by atoms with E-state index in [0.29, 0.717) is 12.0 Å². The van der Waals surface area contributed by atoms with Crippen molar-refractivity contribution in [1.29, 1.82) is 0 Å². The highest BCUT2D eigenvalue weighted by molar-refractivity contribution is 7.09. The number of hydrogen-bond donors (Lipinski definition) is 1. The summed E-state index contributed by atoms with van der Waals surface area (Å²) in [5, 5.41) is 12.3. The lowest BCUT2D eigenvalue weighted by Crippen LogP contribution is -2.28. The summed E-state index contributed by atoms with van der Waals surface area (Å²) in [6.45, 7) is 4.36. The Kier molecular flexibility index (Phi) is 3.62. The molecule has 0 aliphatic rings. The molecule has 2 atom stereocenters. The van der Waals surface area contributed by atoms with Crippen LogP contribution in [0.15, 0.2) is 5.51 Å². The number of hydrogen-bond acceptors (Lipinski definition) is 4. The second kappa shape index (κ2) is 4.52. The molecule has 1 aromatic heterocycles. The van der Waals surface area contributed by atoms with E-state index in [4.69, 9.17) is 0 Å². The number of rotatable bonds is 4. The molecule has 0 spiro atoms. The molecule has 0 aliphatic heterocycles. The lowest BCUT2D eigenvalue weighted by Gasteiger charge is -2.18. The zero-order valence-corrected chi connectivity index (χ0v) is 8.56. The second-order valence-corrected chi connectivity index (χ2v) is 3.73. The van der Waals surface area contributed by atoms with Crippen LogP contribution in [0.2, 0.25) is 0 Å². The highest BCUT2D eigenvalue weighted by Crippen LogP contribution is 2.23. The standard InChI is InChI=1S/C8H15N3S/c1-4-7(6(2)9-3)8-11-10-5-12-8/h5-7,9H,4H2,1-3H3. The van der Waals surface area contributed by atoms with Crippen LogP contribution in [0.25, 0.3) is 0 Å². The maximum absolute atomic E-state index is 4.08. The smallest absolute Gasteiger partial charge is 0.121 e. The van der Waals surface area contributed by atoms with Crippen molar-refractivity contribution in [3.63, 3.8) is 0 Å². The van der Waals surface area contributed by atoms with Gasteiger partial charge in [-0.3, -0.25) is 0 Å². The number of nitrogens with one attached hydrogen (secondary N) is 1. The van der Waals surface area contributed by atoms with Crippen LogP contribution in [0.3, 0.4) is 0 Å². The minimum absolute atomic E-state index is 0.475. The molecule has 4 heteroatoms. The van der Waals surface area contributed by atoms with Crippen molar-refractivity contribution in [2.24, 2.45) is 0 Å². The number of aromatic nitrogens is 2. The van der Waals surface area contributed by atoms with E-state index in [1.165, 1.54) is 0 Å². The average Bonchev–Trinajstić information content (AvgIpc) is 2.58. The molecule has 0 fully saturated rings. The van der Waals surface area contributed by atoms with E-state index in [1.807, 2.05) is 7.05 Å². The van der Waals surface area contributed by atoms with Crippen molar-refractivity contribution in [1.82, 2.24) is 15.5 Å². The first-order valence-electron chi connectivity index (χ1n) is 4.23. The quantitative estimate of drug-likeness (QED) is 0.775. The van der Waals surface area contributed by atoms with Crippen molar-refractivity contribution in [3.8, 4) is 0 Å². The molecule has 68 valence electrons. The zero-order chi connectivity index (χ0) is 8.97. The Morgan fingerprint density at radius 2 is 2.42 bits per heavy atom. The fourth-order valence-corrected chi connectivity index (χ4v) is 2.13. The minimum atomic E-state index is 0.475. The molecule has 0 saturated heterocycles. The summed E-state index contributed by atoms with van der Waals surface area (Å²) >= 11 is 1.64. The van der Waals surface area contributed by atoms with E-state index in [2.05, 4.69) is 29.4 Å². The number of likely N-dealkylation sites (N-methyl/N-ethyl adjacent to an activating group) is 1. The van der Waals surface area contributed by atoms with Gasteiger partial charge < -0.3 is 5.32 Å². The molecule has 0 bridgehead atoms. The lowest BCUT2D eigenvalue weighted by molar-refractivity contribution is 0.479. The van der Waals surface area contributed by atoms with Gasteiger partial charge in [0.05, 0.1) is 0 Å². The highest BCUT2D eigenvalue weighted by atomic mass is 32.1. The van der Waals surface area contributed by atoms with Gasteiger partial charge in [-0.25, -0.2) is 0 Å². The summed E-state index contributed by atoms with van der Waals surface area (Å²) in [5.74, 6) is 0.502. The van der Waals surface area contributed by atoms with Crippen LogP contribution < -0.4 is 5.32 Å². The maximum Gasteiger partial charge on any atom is 0.121 e. The minimum Gasteiger partial charge on any atom is -0.317 e. The van der Waals surface area contributed by atoms with Gasteiger partial charge in [0.25, 0.3) is 0 Å². The third kappa shape index (κ3) is 2.01. The van der Waals surface area contributed by atoms with E-state index in [9.17, 15) is 0 Å². The molecule has 1 heterocycles. The van der Waals surface area contributed by atoms with Crippen LogP contribution in [-0.2, 0) is 0 Å². The predicted octanol–water partition coefficient (Wildman–Crippen LogP) is 1.64.